The van der Waals surface area contributed by atoms with E-state index < -0.39 is 15.3 Å². The summed E-state index contributed by atoms with van der Waals surface area (Å²) in [6.45, 7) is 0.00943. The molecule has 2 N–H and O–H groups in total. The Morgan fingerprint density at radius 2 is 2.17 bits per heavy atom. The van der Waals surface area contributed by atoms with Gasteiger partial charge in [-0.25, -0.2) is 18.2 Å². The molecule has 1 aliphatic heterocycles. The SMILES string of the molecule is CSc1nc(N2CC(S(N)(=O)=O)CC2=O)nn1C. The Morgan fingerprint density at radius 3 is 2.61 bits per heavy atom. The van der Waals surface area contributed by atoms with Crippen molar-refractivity contribution in [2.24, 2.45) is 12.2 Å². The van der Waals surface area contributed by atoms with Crippen LogP contribution in [0.15, 0.2) is 5.16 Å². The molecule has 1 aromatic heterocycles. The summed E-state index contributed by atoms with van der Waals surface area (Å²) in [4.78, 5) is 17.2. The van der Waals surface area contributed by atoms with E-state index in [1.165, 1.54) is 21.3 Å². The smallest absolute Gasteiger partial charge is 0.252 e. The molecule has 1 amide bonds. The van der Waals surface area contributed by atoms with Crippen LogP contribution in [-0.4, -0.2) is 47.1 Å². The van der Waals surface area contributed by atoms with E-state index in [0.717, 1.165) is 0 Å². The Bertz CT molecular complexity index is 582. The second-order valence-electron chi connectivity index (χ2n) is 3.94. The topological polar surface area (TPSA) is 111 Å². The molecule has 2 heterocycles. The van der Waals surface area contributed by atoms with Gasteiger partial charge >= 0.3 is 0 Å². The van der Waals surface area contributed by atoms with Crippen LogP contribution < -0.4 is 10.0 Å². The summed E-state index contributed by atoms with van der Waals surface area (Å²) < 4.78 is 24.0. The van der Waals surface area contributed by atoms with Gasteiger partial charge in [-0.2, -0.15) is 4.98 Å². The van der Waals surface area contributed by atoms with Crippen LogP contribution in [0.4, 0.5) is 5.95 Å². The lowest BCUT2D eigenvalue weighted by molar-refractivity contribution is -0.117. The molecule has 0 aliphatic carbocycles. The maximum absolute atomic E-state index is 11.8. The molecule has 10 heteroatoms. The number of primary sulfonamides is 1. The molecular weight excluding hydrogens is 278 g/mol. The molecule has 1 atom stereocenters. The number of amides is 1. The number of hydrogen-bond donors (Lipinski definition) is 1. The van der Waals surface area contributed by atoms with Crippen LogP contribution in [0.25, 0.3) is 0 Å². The summed E-state index contributed by atoms with van der Waals surface area (Å²) in [5.41, 5.74) is 0. The van der Waals surface area contributed by atoms with Gasteiger partial charge in [0.15, 0.2) is 5.16 Å². The Morgan fingerprint density at radius 1 is 1.50 bits per heavy atom. The zero-order valence-corrected chi connectivity index (χ0v) is 11.5. The highest BCUT2D eigenvalue weighted by Crippen LogP contribution is 2.23. The van der Waals surface area contributed by atoms with Gasteiger partial charge in [-0.05, 0) is 6.26 Å². The highest BCUT2D eigenvalue weighted by Gasteiger charge is 2.38. The summed E-state index contributed by atoms with van der Waals surface area (Å²) in [6, 6.07) is 0. The van der Waals surface area contributed by atoms with E-state index in [2.05, 4.69) is 10.1 Å². The van der Waals surface area contributed by atoms with Crippen LogP contribution in [-0.2, 0) is 21.9 Å². The van der Waals surface area contributed by atoms with Gasteiger partial charge in [0, 0.05) is 20.0 Å². The van der Waals surface area contributed by atoms with Gasteiger partial charge in [-0.15, -0.1) is 5.10 Å². The number of thioether (sulfide) groups is 1. The summed E-state index contributed by atoms with van der Waals surface area (Å²) in [7, 11) is -2.01. The third kappa shape index (κ3) is 2.35. The predicted octanol–water partition coefficient (Wildman–Crippen LogP) is -1.07. The monoisotopic (exact) mass is 291 g/mol. The second-order valence-corrected chi connectivity index (χ2v) is 6.56. The van der Waals surface area contributed by atoms with E-state index in [-0.39, 0.29) is 24.8 Å². The van der Waals surface area contributed by atoms with Crippen molar-refractivity contribution < 1.29 is 13.2 Å². The fraction of sp³-hybridized carbons (Fsp3) is 0.625. The minimum Gasteiger partial charge on any atom is -0.278 e. The Kier molecular flexibility index (Phi) is 3.34. The molecule has 1 aliphatic rings. The van der Waals surface area contributed by atoms with Crippen molar-refractivity contribution in [2.45, 2.75) is 16.8 Å². The maximum Gasteiger partial charge on any atom is 0.252 e. The minimum atomic E-state index is -3.72. The molecule has 1 fully saturated rings. The number of aryl methyl sites for hydroxylation is 1. The highest BCUT2D eigenvalue weighted by molar-refractivity contribution is 7.98. The van der Waals surface area contributed by atoms with Crippen molar-refractivity contribution in [2.75, 3.05) is 17.7 Å². The quantitative estimate of drug-likeness (QED) is 0.710. The molecule has 18 heavy (non-hydrogen) atoms. The van der Waals surface area contributed by atoms with E-state index in [9.17, 15) is 13.2 Å². The lowest BCUT2D eigenvalue weighted by Crippen LogP contribution is -2.32. The standard InChI is InChI=1S/C8H13N5O3S2/c1-12-8(17-2)10-7(11-12)13-4-5(3-6(13)14)18(9,15)16/h5H,3-4H2,1-2H3,(H2,9,15,16). The number of nitrogens with zero attached hydrogens (tertiary/aromatic N) is 4. The van der Waals surface area contributed by atoms with Crippen molar-refractivity contribution in [3.05, 3.63) is 0 Å². The number of anilines is 1. The van der Waals surface area contributed by atoms with Gasteiger partial charge in [0.1, 0.15) is 5.25 Å². The zero-order chi connectivity index (χ0) is 13.5. The average molecular weight is 291 g/mol. The molecule has 0 aromatic carbocycles. The molecular formula is C8H13N5O3S2. The van der Waals surface area contributed by atoms with Crippen molar-refractivity contribution >= 4 is 33.6 Å². The second kappa shape index (κ2) is 4.52. The fourth-order valence-corrected chi connectivity index (χ4v) is 2.95. The molecule has 0 bridgehead atoms. The summed E-state index contributed by atoms with van der Waals surface area (Å²) >= 11 is 1.39. The first kappa shape index (κ1) is 13.3. The largest absolute Gasteiger partial charge is 0.278 e. The third-order valence-corrected chi connectivity index (χ3v) is 4.66. The lowest BCUT2D eigenvalue weighted by atomic mass is 10.4. The Balaban J connectivity index is 2.27. The van der Waals surface area contributed by atoms with Crippen molar-refractivity contribution in [3.63, 3.8) is 0 Å². The maximum atomic E-state index is 11.8. The Labute approximate surface area is 109 Å². The Hall–Kier alpha value is -1.13. The fourth-order valence-electron chi connectivity index (χ4n) is 1.74. The van der Waals surface area contributed by atoms with Gasteiger partial charge < -0.3 is 0 Å². The predicted molar refractivity (Wildman–Crippen MR) is 66.6 cm³/mol. The molecule has 1 saturated heterocycles. The van der Waals surface area contributed by atoms with Gasteiger partial charge in [0.05, 0.1) is 0 Å². The molecule has 0 saturated carbocycles. The molecule has 1 unspecified atom stereocenters. The third-order valence-electron chi connectivity index (χ3n) is 2.69. The lowest BCUT2D eigenvalue weighted by Gasteiger charge is -2.10. The van der Waals surface area contributed by atoms with Crippen molar-refractivity contribution in [3.8, 4) is 0 Å². The van der Waals surface area contributed by atoms with Crippen LogP contribution in [0, 0.1) is 0 Å². The molecule has 100 valence electrons. The first-order chi connectivity index (χ1) is 8.32. The van der Waals surface area contributed by atoms with Gasteiger partial charge in [0.25, 0.3) is 5.95 Å². The van der Waals surface area contributed by atoms with Crippen molar-refractivity contribution in [1.29, 1.82) is 0 Å². The zero-order valence-electron chi connectivity index (χ0n) is 9.90. The first-order valence-electron chi connectivity index (χ1n) is 5.10. The number of nitrogens with two attached hydrogens (primary N) is 1. The molecule has 8 nitrogen and oxygen atoms in total. The van der Waals surface area contributed by atoms with Crippen molar-refractivity contribution in [1.82, 2.24) is 14.8 Å². The number of aromatic nitrogens is 3. The molecule has 0 spiro atoms. The number of carbonyl (C=O) groups is 1. The van der Waals surface area contributed by atoms with Gasteiger partial charge in [0.2, 0.25) is 15.9 Å². The van der Waals surface area contributed by atoms with Crippen LogP contribution in [0.2, 0.25) is 0 Å². The van der Waals surface area contributed by atoms with Crippen LogP contribution >= 0.6 is 11.8 Å². The van der Waals surface area contributed by atoms with E-state index >= 15 is 0 Å². The highest BCUT2D eigenvalue weighted by atomic mass is 32.2. The number of sulfonamides is 1. The van der Waals surface area contributed by atoms with Crippen LogP contribution in [0.3, 0.4) is 0 Å². The summed E-state index contributed by atoms with van der Waals surface area (Å²) in [6.07, 6.45) is 1.72. The van der Waals surface area contributed by atoms with E-state index in [4.69, 9.17) is 5.14 Å². The molecule has 2 rings (SSSR count). The van der Waals surface area contributed by atoms with Crippen LogP contribution in [0.1, 0.15) is 6.42 Å². The minimum absolute atomic E-state index is 0.00943. The number of carbonyl (C=O) groups excluding carboxylic acids is 1. The summed E-state index contributed by atoms with van der Waals surface area (Å²) in [5.74, 6) is -0.106. The average Bonchev–Trinajstić information content (AvgIpc) is 2.80. The number of rotatable bonds is 3. The van der Waals surface area contributed by atoms with Crippen LogP contribution in [0.5, 0.6) is 0 Å². The molecule has 0 radical (unpaired) electrons. The number of hydrogen-bond acceptors (Lipinski definition) is 6. The summed E-state index contributed by atoms with van der Waals surface area (Å²) in [5, 5.41) is 8.90. The van der Waals surface area contributed by atoms with Gasteiger partial charge in [-0.3, -0.25) is 9.69 Å². The van der Waals surface area contributed by atoms with E-state index in [0.29, 0.717) is 5.16 Å². The van der Waals surface area contributed by atoms with Gasteiger partial charge in [-0.1, -0.05) is 11.8 Å². The van der Waals surface area contributed by atoms with E-state index in [1.54, 1.807) is 7.05 Å². The normalized spacial score (nSPS) is 20.7. The first-order valence-corrected chi connectivity index (χ1v) is 7.93. The molecule has 1 aromatic rings. The van der Waals surface area contributed by atoms with E-state index in [1.807, 2.05) is 6.26 Å².